The van der Waals surface area contributed by atoms with Crippen LogP contribution in [0.1, 0.15) is 6.92 Å². The maximum atomic E-state index is 12.2. The van der Waals surface area contributed by atoms with Crippen molar-refractivity contribution in [2.24, 2.45) is 5.73 Å². The van der Waals surface area contributed by atoms with Crippen molar-refractivity contribution in [2.75, 3.05) is 19.7 Å². The first-order valence-electron chi connectivity index (χ1n) is 5.29. The van der Waals surface area contributed by atoms with Crippen LogP contribution < -0.4 is 5.73 Å². The fourth-order valence-electron chi connectivity index (χ4n) is 1.72. The first-order chi connectivity index (χ1) is 8.36. The Balaban J connectivity index is 2.27. The quantitative estimate of drug-likeness (QED) is 0.708. The number of ether oxygens (including phenoxy) is 1. The molecular formula is C9H14N4O4S. The summed E-state index contributed by atoms with van der Waals surface area (Å²) in [6.07, 6.45) is 2.50. The summed E-state index contributed by atoms with van der Waals surface area (Å²) in [4.78, 5) is 11.3. The maximum Gasteiger partial charge on any atom is 0.250 e. The van der Waals surface area contributed by atoms with Crippen molar-refractivity contribution in [2.45, 2.75) is 17.4 Å². The van der Waals surface area contributed by atoms with Crippen molar-refractivity contribution in [1.29, 1.82) is 0 Å². The third-order valence-electron chi connectivity index (χ3n) is 2.87. The molecule has 1 aliphatic heterocycles. The van der Waals surface area contributed by atoms with Gasteiger partial charge in [0.05, 0.1) is 19.3 Å². The normalized spacial score (nSPS) is 26.1. The fourth-order valence-corrected chi connectivity index (χ4v) is 3.13. The molecule has 100 valence electrons. The molecule has 1 aromatic rings. The van der Waals surface area contributed by atoms with Crippen molar-refractivity contribution in [3.63, 3.8) is 0 Å². The zero-order valence-corrected chi connectivity index (χ0v) is 10.6. The van der Waals surface area contributed by atoms with Gasteiger partial charge in [-0.3, -0.25) is 9.89 Å². The number of nitrogens with one attached hydrogen (secondary N) is 1. The summed E-state index contributed by atoms with van der Waals surface area (Å²) < 4.78 is 30.9. The Morgan fingerprint density at radius 1 is 1.67 bits per heavy atom. The number of rotatable bonds is 3. The Morgan fingerprint density at radius 2 is 2.39 bits per heavy atom. The average molecular weight is 274 g/mol. The molecule has 0 spiro atoms. The molecule has 1 aromatic heterocycles. The SMILES string of the molecule is C[C@@]1(C(N)=O)CN(S(=O)(=O)c2cn[nH]c2)CCO1. The van der Waals surface area contributed by atoms with Gasteiger partial charge < -0.3 is 10.5 Å². The largest absolute Gasteiger partial charge is 0.367 e. The van der Waals surface area contributed by atoms with Crippen LogP contribution in [0.3, 0.4) is 0 Å². The van der Waals surface area contributed by atoms with Crippen LogP contribution in [0, 0.1) is 0 Å². The number of aromatic nitrogens is 2. The maximum absolute atomic E-state index is 12.2. The molecule has 3 N–H and O–H groups in total. The Labute approximate surface area is 104 Å². The number of nitrogens with two attached hydrogens (primary N) is 1. The number of nitrogens with zero attached hydrogens (tertiary/aromatic N) is 2. The molecule has 0 unspecified atom stereocenters. The number of sulfonamides is 1. The van der Waals surface area contributed by atoms with Gasteiger partial charge in [0.2, 0.25) is 10.0 Å². The number of hydrogen-bond acceptors (Lipinski definition) is 5. The third kappa shape index (κ3) is 2.11. The highest BCUT2D eigenvalue weighted by Gasteiger charge is 2.42. The van der Waals surface area contributed by atoms with Gasteiger partial charge in [-0.05, 0) is 6.92 Å². The number of morpholine rings is 1. The van der Waals surface area contributed by atoms with E-state index in [1.54, 1.807) is 0 Å². The van der Waals surface area contributed by atoms with Crippen LogP contribution in [0.15, 0.2) is 17.3 Å². The van der Waals surface area contributed by atoms with Gasteiger partial charge in [-0.25, -0.2) is 8.42 Å². The molecule has 2 heterocycles. The van der Waals surface area contributed by atoms with E-state index in [0.717, 1.165) is 0 Å². The summed E-state index contributed by atoms with van der Waals surface area (Å²) in [6.45, 7) is 1.68. The van der Waals surface area contributed by atoms with Crippen LogP contribution in [0.4, 0.5) is 0 Å². The van der Waals surface area contributed by atoms with Crippen molar-refractivity contribution in [3.8, 4) is 0 Å². The first-order valence-corrected chi connectivity index (χ1v) is 6.73. The molecule has 0 saturated carbocycles. The molecule has 1 amide bonds. The second kappa shape index (κ2) is 4.34. The minimum Gasteiger partial charge on any atom is -0.367 e. The van der Waals surface area contributed by atoms with E-state index in [9.17, 15) is 13.2 Å². The van der Waals surface area contributed by atoms with Gasteiger partial charge in [-0.2, -0.15) is 9.40 Å². The third-order valence-corrected chi connectivity index (χ3v) is 4.68. The van der Waals surface area contributed by atoms with Crippen molar-refractivity contribution < 1.29 is 17.9 Å². The van der Waals surface area contributed by atoms with Crippen LogP contribution >= 0.6 is 0 Å². The molecule has 0 aliphatic carbocycles. The van der Waals surface area contributed by atoms with Gasteiger partial charge in [0.1, 0.15) is 4.90 Å². The van der Waals surface area contributed by atoms with Gasteiger partial charge in [-0.1, -0.05) is 0 Å². The van der Waals surface area contributed by atoms with E-state index < -0.39 is 21.5 Å². The lowest BCUT2D eigenvalue weighted by molar-refractivity contribution is -0.148. The molecule has 9 heteroatoms. The summed E-state index contributed by atoms with van der Waals surface area (Å²) in [5, 5.41) is 6.04. The van der Waals surface area contributed by atoms with Gasteiger partial charge >= 0.3 is 0 Å². The highest BCUT2D eigenvalue weighted by atomic mass is 32.2. The molecule has 1 saturated heterocycles. The van der Waals surface area contributed by atoms with Gasteiger partial charge in [0, 0.05) is 12.7 Å². The van der Waals surface area contributed by atoms with Crippen LogP contribution in [0.5, 0.6) is 0 Å². The number of carbonyl (C=O) groups is 1. The molecule has 0 bridgehead atoms. The summed E-state index contributed by atoms with van der Waals surface area (Å²) >= 11 is 0. The predicted molar refractivity (Wildman–Crippen MR) is 60.9 cm³/mol. The molecule has 8 nitrogen and oxygen atoms in total. The molecule has 0 radical (unpaired) electrons. The van der Waals surface area contributed by atoms with E-state index in [1.165, 1.54) is 23.6 Å². The van der Waals surface area contributed by atoms with Crippen molar-refractivity contribution in [1.82, 2.24) is 14.5 Å². The molecule has 1 atom stereocenters. The number of amides is 1. The van der Waals surface area contributed by atoms with Crippen molar-refractivity contribution in [3.05, 3.63) is 12.4 Å². The van der Waals surface area contributed by atoms with Crippen molar-refractivity contribution >= 4 is 15.9 Å². The Hall–Kier alpha value is -1.45. The van der Waals surface area contributed by atoms with Crippen LogP contribution in [0.25, 0.3) is 0 Å². The van der Waals surface area contributed by atoms with Gasteiger partial charge in [0.15, 0.2) is 5.60 Å². The van der Waals surface area contributed by atoms with E-state index >= 15 is 0 Å². The lowest BCUT2D eigenvalue weighted by Gasteiger charge is -2.37. The van der Waals surface area contributed by atoms with Gasteiger partial charge in [0.25, 0.3) is 5.91 Å². The van der Waals surface area contributed by atoms with Crippen LogP contribution in [-0.2, 0) is 19.6 Å². The van der Waals surface area contributed by atoms with E-state index in [1.807, 2.05) is 0 Å². The predicted octanol–water partition coefficient (Wildman–Crippen LogP) is -1.33. The zero-order chi connectivity index (χ0) is 13.4. The molecule has 18 heavy (non-hydrogen) atoms. The highest BCUT2D eigenvalue weighted by Crippen LogP contribution is 2.23. The molecule has 2 rings (SSSR count). The number of H-pyrrole nitrogens is 1. The molecule has 1 aliphatic rings. The molecule has 1 fully saturated rings. The van der Waals surface area contributed by atoms with Crippen LogP contribution in [-0.4, -0.2) is 54.1 Å². The first kappa shape index (κ1) is 13.0. The Morgan fingerprint density at radius 3 is 2.94 bits per heavy atom. The smallest absolute Gasteiger partial charge is 0.250 e. The van der Waals surface area contributed by atoms with E-state index in [2.05, 4.69) is 10.2 Å². The summed E-state index contributed by atoms with van der Waals surface area (Å²) in [6, 6.07) is 0. The average Bonchev–Trinajstić information content (AvgIpc) is 2.83. The monoisotopic (exact) mass is 274 g/mol. The topological polar surface area (TPSA) is 118 Å². The lowest BCUT2D eigenvalue weighted by atomic mass is 10.1. The number of aromatic amines is 1. The lowest BCUT2D eigenvalue weighted by Crippen LogP contribution is -2.58. The molecular weight excluding hydrogens is 260 g/mol. The summed E-state index contributed by atoms with van der Waals surface area (Å²) in [5.41, 5.74) is 3.93. The minimum absolute atomic E-state index is 0.0521. The second-order valence-electron chi connectivity index (χ2n) is 4.22. The minimum atomic E-state index is -3.67. The Kier molecular flexibility index (Phi) is 3.13. The van der Waals surface area contributed by atoms with E-state index in [0.29, 0.717) is 0 Å². The Bertz CT molecular complexity index is 541. The number of primary amides is 1. The van der Waals surface area contributed by atoms with Gasteiger partial charge in [-0.15, -0.1) is 0 Å². The van der Waals surface area contributed by atoms with E-state index in [4.69, 9.17) is 10.5 Å². The fraction of sp³-hybridized carbons (Fsp3) is 0.556. The zero-order valence-electron chi connectivity index (χ0n) is 9.79. The standard InChI is InChI=1S/C9H14N4O4S/c1-9(8(10)14)6-13(2-3-17-9)18(15,16)7-4-11-12-5-7/h4-5H,2-3,6H2,1H3,(H2,10,14)(H,11,12)/t9-/m0/s1. The van der Waals surface area contributed by atoms with E-state index in [-0.39, 0.29) is 24.6 Å². The summed E-state index contributed by atoms with van der Waals surface area (Å²) in [7, 11) is -3.67. The summed E-state index contributed by atoms with van der Waals surface area (Å²) in [5.74, 6) is -0.686. The second-order valence-corrected chi connectivity index (χ2v) is 6.15. The number of carbonyl (C=O) groups excluding carboxylic acids is 1. The number of hydrogen-bond donors (Lipinski definition) is 2. The van der Waals surface area contributed by atoms with Crippen LogP contribution in [0.2, 0.25) is 0 Å². The highest BCUT2D eigenvalue weighted by molar-refractivity contribution is 7.89. The molecule has 0 aromatic carbocycles.